The zero-order chi connectivity index (χ0) is 11.0. The van der Waals surface area contributed by atoms with Gasteiger partial charge in [0.2, 0.25) is 0 Å². The van der Waals surface area contributed by atoms with Crippen molar-refractivity contribution < 1.29 is 0 Å². The van der Waals surface area contributed by atoms with Gasteiger partial charge in [0.1, 0.15) is 5.03 Å². The van der Waals surface area contributed by atoms with Gasteiger partial charge in [-0.05, 0) is 31.1 Å². The summed E-state index contributed by atoms with van der Waals surface area (Å²) < 4.78 is 9.01. The predicted molar refractivity (Wildman–Crippen MR) is 68.2 cm³/mol. The van der Waals surface area contributed by atoms with E-state index in [0.29, 0.717) is 5.92 Å². The minimum Gasteiger partial charge on any atom is -0.302 e. The molecule has 5 heteroatoms. The lowest BCUT2D eigenvalue weighted by atomic mass is 9.90. The molecule has 3 rings (SSSR count). The van der Waals surface area contributed by atoms with Crippen molar-refractivity contribution in [3.8, 4) is 0 Å². The van der Waals surface area contributed by atoms with Gasteiger partial charge < -0.3 is 4.90 Å². The highest BCUT2D eigenvalue weighted by atomic mass is 32.2. The number of hydrogen-bond acceptors (Lipinski definition) is 5. The number of thioether (sulfide) groups is 1. The first kappa shape index (κ1) is 11.0. The van der Waals surface area contributed by atoms with Gasteiger partial charge in [-0.2, -0.15) is 8.75 Å². The van der Waals surface area contributed by atoms with Crippen molar-refractivity contribution in [1.82, 2.24) is 13.6 Å². The topological polar surface area (TPSA) is 29.0 Å². The molecule has 3 unspecified atom stereocenters. The van der Waals surface area contributed by atoms with E-state index in [1.165, 1.54) is 60.7 Å². The molecule has 16 heavy (non-hydrogen) atoms. The summed E-state index contributed by atoms with van der Waals surface area (Å²) in [6.45, 7) is 6.03. The van der Waals surface area contributed by atoms with Crippen LogP contribution in [0.25, 0.3) is 0 Å². The van der Waals surface area contributed by atoms with E-state index in [0.717, 1.165) is 5.92 Å². The number of piperidine rings is 1. The number of fused-ring (bicyclic) bond motifs is 2. The third-order valence-corrected chi connectivity index (χ3v) is 5.45. The molecule has 3 atom stereocenters. The second-order valence-corrected chi connectivity index (χ2v) is 6.33. The fourth-order valence-corrected chi connectivity index (χ4v) is 4.44. The van der Waals surface area contributed by atoms with Crippen LogP contribution in [0, 0.1) is 5.92 Å². The highest BCUT2D eigenvalue weighted by Crippen LogP contribution is 2.41. The summed E-state index contributed by atoms with van der Waals surface area (Å²) in [6.07, 6.45) is 2.57. The Morgan fingerprint density at radius 2 is 2.38 bits per heavy atom. The van der Waals surface area contributed by atoms with E-state index in [9.17, 15) is 0 Å². The Balaban J connectivity index is 1.76. The second kappa shape index (κ2) is 4.63. The summed E-state index contributed by atoms with van der Waals surface area (Å²) in [6, 6.07) is 0. The van der Waals surface area contributed by atoms with Crippen molar-refractivity contribution in [3.05, 3.63) is 5.69 Å². The number of hydrogen-bond donors (Lipinski definition) is 0. The maximum Gasteiger partial charge on any atom is 0.134 e. The van der Waals surface area contributed by atoms with Crippen LogP contribution < -0.4 is 0 Å². The summed E-state index contributed by atoms with van der Waals surface area (Å²) >= 11 is 3.28. The third-order valence-electron chi connectivity index (χ3n) is 3.61. The lowest BCUT2D eigenvalue weighted by molar-refractivity contribution is 0.342. The van der Waals surface area contributed by atoms with E-state index in [2.05, 4.69) is 20.6 Å². The van der Waals surface area contributed by atoms with Gasteiger partial charge in [0, 0.05) is 19.0 Å². The van der Waals surface area contributed by atoms with Gasteiger partial charge in [0.05, 0.1) is 17.4 Å². The van der Waals surface area contributed by atoms with Crippen LogP contribution in [0.15, 0.2) is 5.03 Å². The minimum atomic E-state index is 0.673. The van der Waals surface area contributed by atoms with Crippen LogP contribution >= 0.6 is 23.5 Å². The van der Waals surface area contributed by atoms with E-state index in [4.69, 9.17) is 0 Å². The van der Waals surface area contributed by atoms with Crippen LogP contribution in [0.4, 0.5) is 0 Å². The Labute approximate surface area is 105 Å². The molecular weight excluding hydrogens is 238 g/mol. The zero-order valence-corrected chi connectivity index (χ0v) is 11.2. The van der Waals surface area contributed by atoms with Crippen molar-refractivity contribution in [1.29, 1.82) is 0 Å². The summed E-state index contributed by atoms with van der Waals surface area (Å²) in [5.41, 5.74) is 1.30. The van der Waals surface area contributed by atoms with Crippen LogP contribution in [-0.4, -0.2) is 39.0 Å². The molecule has 2 aliphatic rings. The Hall–Kier alpha value is -0.130. The summed E-state index contributed by atoms with van der Waals surface area (Å²) in [4.78, 5) is 2.57. The van der Waals surface area contributed by atoms with Gasteiger partial charge in [0.15, 0.2) is 0 Å². The lowest BCUT2D eigenvalue weighted by Gasteiger charge is -2.20. The Kier molecular flexibility index (Phi) is 3.18. The molecule has 0 N–H and O–H groups in total. The van der Waals surface area contributed by atoms with Crippen LogP contribution in [-0.2, 0) is 0 Å². The Morgan fingerprint density at radius 1 is 1.44 bits per heavy atom. The summed E-state index contributed by atoms with van der Waals surface area (Å²) in [7, 11) is 0. The highest BCUT2D eigenvalue weighted by molar-refractivity contribution is 7.99. The normalized spacial score (nSPS) is 32.4. The number of aromatic nitrogens is 2. The molecule has 1 aromatic rings. The van der Waals surface area contributed by atoms with E-state index in [-0.39, 0.29) is 0 Å². The third kappa shape index (κ3) is 1.89. The molecule has 0 spiro atoms. The van der Waals surface area contributed by atoms with E-state index in [1.54, 1.807) is 0 Å². The standard InChI is InChI=1S/C11H17N3S2/c1-2-5-15-11-10(12-16-13-11)9-7-14-4-3-8(9)6-14/h8-9H,2-7H2,1H3. The lowest BCUT2D eigenvalue weighted by Crippen LogP contribution is -2.22. The van der Waals surface area contributed by atoms with Crippen molar-refractivity contribution in [2.75, 3.05) is 25.4 Å². The van der Waals surface area contributed by atoms with Gasteiger partial charge >= 0.3 is 0 Å². The van der Waals surface area contributed by atoms with Crippen molar-refractivity contribution in [2.45, 2.75) is 30.7 Å². The molecule has 0 saturated carbocycles. The predicted octanol–water partition coefficient (Wildman–Crippen LogP) is 2.46. The van der Waals surface area contributed by atoms with E-state index in [1.807, 2.05) is 11.8 Å². The zero-order valence-electron chi connectivity index (χ0n) is 9.56. The summed E-state index contributed by atoms with van der Waals surface area (Å²) in [5.74, 6) is 2.69. The fraction of sp³-hybridized carbons (Fsp3) is 0.818. The first-order chi connectivity index (χ1) is 7.88. The van der Waals surface area contributed by atoms with Gasteiger partial charge in [-0.3, -0.25) is 0 Å². The monoisotopic (exact) mass is 255 g/mol. The Morgan fingerprint density at radius 3 is 3.06 bits per heavy atom. The van der Waals surface area contributed by atoms with Crippen LogP contribution in [0.5, 0.6) is 0 Å². The first-order valence-electron chi connectivity index (χ1n) is 6.06. The van der Waals surface area contributed by atoms with Crippen molar-refractivity contribution in [3.63, 3.8) is 0 Å². The molecular formula is C11H17N3S2. The molecule has 0 amide bonds. The first-order valence-corrected chi connectivity index (χ1v) is 7.77. The molecule has 2 saturated heterocycles. The minimum absolute atomic E-state index is 0.673. The smallest absolute Gasteiger partial charge is 0.134 e. The maximum absolute atomic E-state index is 4.55. The summed E-state index contributed by atoms with van der Waals surface area (Å²) in [5, 5.41) is 1.21. The number of nitrogens with zero attached hydrogens (tertiary/aromatic N) is 3. The molecule has 2 fully saturated rings. The van der Waals surface area contributed by atoms with E-state index >= 15 is 0 Å². The molecule has 3 nitrogen and oxygen atoms in total. The molecule has 0 aliphatic carbocycles. The van der Waals surface area contributed by atoms with Crippen molar-refractivity contribution in [2.24, 2.45) is 5.92 Å². The fourth-order valence-electron chi connectivity index (χ4n) is 2.81. The van der Waals surface area contributed by atoms with Crippen LogP contribution in [0.2, 0.25) is 0 Å². The largest absolute Gasteiger partial charge is 0.302 e. The molecule has 2 bridgehead atoms. The van der Waals surface area contributed by atoms with Crippen molar-refractivity contribution >= 4 is 23.5 Å². The average molecular weight is 255 g/mol. The number of rotatable bonds is 4. The van der Waals surface area contributed by atoms with Gasteiger partial charge in [-0.1, -0.05) is 6.92 Å². The second-order valence-electron chi connectivity index (χ2n) is 4.72. The maximum atomic E-state index is 4.55. The molecule has 1 aromatic heterocycles. The van der Waals surface area contributed by atoms with E-state index < -0.39 is 0 Å². The molecule has 88 valence electrons. The highest BCUT2D eigenvalue weighted by Gasteiger charge is 2.41. The van der Waals surface area contributed by atoms with Gasteiger partial charge in [-0.25, -0.2) is 0 Å². The van der Waals surface area contributed by atoms with Gasteiger partial charge in [-0.15, -0.1) is 11.8 Å². The Bertz CT molecular complexity index is 366. The quantitative estimate of drug-likeness (QED) is 0.773. The molecule has 0 aromatic carbocycles. The average Bonchev–Trinajstić information content (AvgIpc) is 3.01. The van der Waals surface area contributed by atoms with Crippen LogP contribution in [0.3, 0.4) is 0 Å². The van der Waals surface area contributed by atoms with Crippen LogP contribution in [0.1, 0.15) is 31.4 Å². The SMILES string of the molecule is CCCSc1nsnc1C1CN2CCC1C2. The molecule has 0 radical (unpaired) electrons. The van der Waals surface area contributed by atoms with Gasteiger partial charge in [0.25, 0.3) is 0 Å². The molecule has 3 heterocycles. The molecule has 2 aliphatic heterocycles.